The average Bonchev–Trinajstić information content (AvgIpc) is 3.06. The number of ether oxygens (including phenoxy) is 1. The van der Waals surface area contributed by atoms with Gasteiger partial charge in [-0.05, 0) is 13.8 Å². The van der Waals surface area contributed by atoms with Gasteiger partial charge in [0.2, 0.25) is 0 Å². The fraction of sp³-hybridized carbons (Fsp3) is 0.600. The van der Waals surface area contributed by atoms with Gasteiger partial charge in [0, 0.05) is 45.0 Å². The Balaban J connectivity index is 1.73. The van der Waals surface area contributed by atoms with E-state index in [2.05, 4.69) is 32.7 Å². The predicted octanol–water partition coefficient (Wildman–Crippen LogP) is 1.73. The molecule has 21 heavy (non-hydrogen) atoms. The van der Waals surface area contributed by atoms with E-state index in [0.717, 1.165) is 32.1 Å². The third-order valence-corrected chi connectivity index (χ3v) is 4.10. The van der Waals surface area contributed by atoms with Gasteiger partial charge in [-0.15, -0.1) is 0 Å². The molecule has 3 rings (SSSR count). The van der Waals surface area contributed by atoms with Gasteiger partial charge in [-0.2, -0.15) is 5.10 Å². The number of fused-ring (bicyclic) bond motifs is 1. The highest BCUT2D eigenvalue weighted by molar-refractivity contribution is 5.12. The zero-order valence-electron chi connectivity index (χ0n) is 13.0. The highest BCUT2D eigenvalue weighted by Gasteiger charge is 2.27. The first-order valence-corrected chi connectivity index (χ1v) is 7.52. The molecule has 0 aromatic carbocycles. The van der Waals surface area contributed by atoms with E-state index in [9.17, 15) is 0 Å². The third-order valence-electron chi connectivity index (χ3n) is 4.10. The van der Waals surface area contributed by atoms with Crippen LogP contribution in [0.5, 0.6) is 0 Å². The number of aromatic nitrogens is 4. The molecule has 0 aliphatic carbocycles. The van der Waals surface area contributed by atoms with Crippen molar-refractivity contribution in [1.82, 2.24) is 24.2 Å². The Morgan fingerprint density at radius 2 is 2.19 bits per heavy atom. The van der Waals surface area contributed by atoms with Crippen molar-refractivity contribution < 1.29 is 4.74 Å². The summed E-state index contributed by atoms with van der Waals surface area (Å²) in [5.74, 6) is 1.14. The number of imidazole rings is 1. The predicted molar refractivity (Wildman–Crippen MR) is 79.6 cm³/mol. The van der Waals surface area contributed by atoms with E-state index >= 15 is 0 Å². The summed E-state index contributed by atoms with van der Waals surface area (Å²) in [6, 6.07) is 0.314. The summed E-state index contributed by atoms with van der Waals surface area (Å²) in [6.07, 6.45) is 5.97. The van der Waals surface area contributed by atoms with Gasteiger partial charge < -0.3 is 9.30 Å². The molecule has 0 fully saturated rings. The first-order valence-electron chi connectivity index (χ1n) is 7.52. The molecule has 0 amide bonds. The molecule has 1 aliphatic rings. The molecule has 2 aromatic heterocycles. The molecule has 2 aromatic rings. The molecule has 3 heterocycles. The van der Waals surface area contributed by atoms with Crippen LogP contribution in [0.3, 0.4) is 0 Å². The monoisotopic (exact) mass is 289 g/mol. The molecule has 6 nitrogen and oxygen atoms in total. The second-order valence-corrected chi connectivity index (χ2v) is 5.57. The van der Waals surface area contributed by atoms with E-state index in [1.807, 2.05) is 31.0 Å². The third kappa shape index (κ3) is 2.87. The van der Waals surface area contributed by atoms with Crippen molar-refractivity contribution in [2.45, 2.75) is 39.6 Å². The lowest BCUT2D eigenvalue weighted by atomic mass is 10.2. The Kier molecular flexibility index (Phi) is 4.07. The molecule has 1 aliphatic heterocycles. The largest absolute Gasteiger partial charge is 0.375 e. The van der Waals surface area contributed by atoms with Crippen LogP contribution in [0.4, 0.5) is 0 Å². The summed E-state index contributed by atoms with van der Waals surface area (Å²) < 4.78 is 9.68. The van der Waals surface area contributed by atoms with Crippen molar-refractivity contribution in [3.63, 3.8) is 0 Å². The SMILES string of the molecule is CCOCc1cnc2n1CCN(Cc1cnn(C)c1)[C@@H]2C. The summed E-state index contributed by atoms with van der Waals surface area (Å²) >= 11 is 0. The maximum atomic E-state index is 5.52. The normalized spacial score (nSPS) is 18.9. The molecule has 0 N–H and O–H groups in total. The molecule has 0 spiro atoms. The van der Waals surface area contributed by atoms with Crippen molar-refractivity contribution in [3.05, 3.63) is 35.7 Å². The number of hydrogen-bond acceptors (Lipinski definition) is 4. The second kappa shape index (κ2) is 5.99. The minimum absolute atomic E-state index is 0.314. The van der Waals surface area contributed by atoms with E-state index in [1.54, 1.807) is 0 Å². The van der Waals surface area contributed by atoms with E-state index in [0.29, 0.717) is 12.6 Å². The molecule has 0 bridgehead atoms. The van der Waals surface area contributed by atoms with Crippen molar-refractivity contribution in [1.29, 1.82) is 0 Å². The maximum Gasteiger partial charge on any atom is 0.126 e. The summed E-state index contributed by atoms with van der Waals surface area (Å²) in [6.45, 7) is 8.55. The van der Waals surface area contributed by atoms with Gasteiger partial charge in [-0.25, -0.2) is 4.98 Å². The van der Waals surface area contributed by atoms with Gasteiger partial charge in [-0.1, -0.05) is 0 Å². The molecule has 0 saturated carbocycles. The van der Waals surface area contributed by atoms with Crippen LogP contribution in [0.15, 0.2) is 18.6 Å². The summed E-state index contributed by atoms with van der Waals surface area (Å²) in [5.41, 5.74) is 2.43. The van der Waals surface area contributed by atoms with Gasteiger partial charge in [0.05, 0.1) is 30.7 Å². The lowest BCUT2D eigenvalue weighted by molar-refractivity contribution is 0.119. The lowest BCUT2D eigenvalue weighted by Gasteiger charge is -2.34. The van der Waals surface area contributed by atoms with Crippen LogP contribution < -0.4 is 0 Å². The second-order valence-electron chi connectivity index (χ2n) is 5.57. The van der Waals surface area contributed by atoms with Crippen LogP contribution in [0.2, 0.25) is 0 Å². The smallest absolute Gasteiger partial charge is 0.126 e. The summed E-state index contributed by atoms with van der Waals surface area (Å²) in [5, 5.41) is 4.24. The maximum absolute atomic E-state index is 5.52. The van der Waals surface area contributed by atoms with Gasteiger partial charge in [0.15, 0.2) is 0 Å². The summed E-state index contributed by atoms with van der Waals surface area (Å²) in [4.78, 5) is 7.06. The Morgan fingerprint density at radius 1 is 1.33 bits per heavy atom. The molecule has 0 radical (unpaired) electrons. The van der Waals surface area contributed by atoms with Crippen LogP contribution in [0.1, 0.15) is 37.0 Å². The van der Waals surface area contributed by atoms with Crippen LogP contribution in [0, 0.1) is 0 Å². The van der Waals surface area contributed by atoms with Gasteiger partial charge in [0.1, 0.15) is 5.82 Å². The molecular weight excluding hydrogens is 266 g/mol. The van der Waals surface area contributed by atoms with Crippen molar-refractivity contribution in [3.8, 4) is 0 Å². The fourth-order valence-electron chi connectivity index (χ4n) is 2.93. The van der Waals surface area contributed by atoms with Crippen molar-refractivity contribution in [2.75, 3.05) is 13.2 Å². The van der Waals surface area contributed by atoms with Gasteiger partial charge in [-0.3, -0.25) is 9.58 Å². The van der Waals surface area contributed by atoms with Crippen molar-refractivity contribution >= 4 is 0 Å². The average molecular weight is 289 g/mol. The number of aryl methyl sites for hydroxylation is 1. The van der Waals surface area contributed by atoms with Crippen LogP contribution in [-0.4, -0.2) is 37.4 Å². The van der Waals surface area contributed by atoms with E-state index in [-0.39, 0.29) is 0 Å². The van der Waals surface area contributed by atoms with Gasteiger partial charge >= 0.3 is 0 Å². The number of rotatable bonds is 5. The number of hydrogen-bond donors (Lipinski definition) is 0. The van der Waals surface area contributed by atoms with Crippen LogP contribution >= 0.6 is 0 Å². The molecule has 0 saturated heterocycles. The van der Waals surface area contributed by atoms with Crippen molar-refractivity contribution in [2.24, 2.45) is 7.05 Å². The standard InChI is InChI=1S/C15H23N5O/c1-4-21-11-14-8-16-15-12(2)19(5-6-20(14)15)10-13-7-17-18(3)9-13/h7-9,12H,4-6,10-11H2,1-3H3/t12-/m1/s1. The lowest BCUT2D eigenvalue weighted by Crippen LogP contribution is -2.37. The number of nitrogens with zero attached hydrogens (tertiary/aromatic N) is 5. The topological polar surface area (TPSA) is 48.1 Å². The fourth-order valence-corrected chi connectivity index (χ4v) is 2.93. The van der Waals surface area contributed by atoms with Crippen LogP contribution in [-0.2, 0) is 31.5 Å². The zero-order chi connectivity index (χ0) is 14.8. The van der Waals surface area contributed by atoms with E-state index < -0.39 is 0 Å². The molecular formula is C15H23N5O. The Bertz CT molecular complexity index is 603. The zero-order valence-corrected chi connectivity index (χ0v) is 13.0. The molecule has 6 heteroatoms. The van der Waals surface area contributed by atoms with Gasteiger partial charge in [0.25, 0.3) is 0 Å². The first kappa shape index (κ1) is 14.3. The Labute approximate surface area is 125 Å². The Morgan fingerprint density at radius 3 is 2.90 bits per heavy atom. The highest BCUT2D eigenvalue weighted by Crippen LogP contribution is 2.26. The quantitative estimate of drug-likeness (QED) is 0.841. The molecule has 114 valence electrons. The van der Waals surface area contributed by atoms with E-state index in [1.165, 1.54) is 11.3 Å². The minimum Gasteiger partial charge on any atom is -0.375 e. The summed E-state index contributed by atoms with van der Waals surface area (Å²) in [7, 11) is 1.95. The first-order chi connectivity index (χ1) is 10.2. The minimum atomic E-state index is 0.314. The molecule has 0 unspecified atom stereocenters. The molecule has 1 atom stereocenters. The highest BCUT2D eigenvalue weighted by atomic mass is 16.5. The van der Waals surface area contributed by atoms with E-state index in [4.69, 9.17) is 4.74 Å². The van der Waals surface area contributed by atoms with Crippen LogP contribution in [0.25, 0.3) is 0 Å². The Hall–Kier alpha value is -1.66.